The van der Waals surface area contributed by atoms with Crippen molar-refractivity contribution in [2.75, 3.05) is 13.2 Å². The molecule has 1 aliphatic rings. The van der Waals surface area contributed by atoms with Gasteiger partial charge in [-0.15, -0.1) is 0 Å². The highest BCUT2D eigenvalue weighted by atomic mass is 35.5. The van der Waals surface area contributed by atoms with Gasteiger partial charge in [-0.25, -0.2) is 0 Å². The molecule has 0 fully saturated rings. The molecule has 7 nitrogen and oxygen atoms in total. The summed E-state index contributed by atoms with van der Waals surface area (Å²) in [5.41, 5.74) is 2.55. The van der Waals surface area contributed by atoms with Gasteiger partial charge in [0.1, 0.15) is 17.3 Å². The topological polar surface area (TPSA) is 143 Å². The van der Waals surface area contributed by atoms with Crippen LogP contribution in [-0.4, -0.2) is 51.4 Å². The molecule has 2 aromatic rings. The Bertz CT molecular complexity index is 1060. The average molecular weight is 495 g/mol. The van der Waals surface area contributed by atoms with Gasteiger partial charge in [0.15, 0.2) is 5.78 Å². The predicted octanol–water partition coefficient (Wildman–Crippen LogP) is 3.67. The Morgan fingerprint density at radius 3 is 2.44 bits per heavy atom. The van der Waals surface area contributed by atoms with Gasteiger partial charge in [-0.05, 0) is 61.3 Å². The van der Waals surface area contributed by atoms with Gasteiger partial charge in [-0.1, -0.05) is 35.9 Å². The van der Waals surface area contributed by atoms with Crippen molar-refractivity contribution < 1.29 is 38.0 Å². The molecule has 8 heteroatoms. The van der Waals surface area contributed by atoms with Crippen LogP contribution in [0, 0.1) is 17.8 Å². The molecule has 3 unspecified atom stereocenters. The molecule has 0 spiro atoms. The number of rotatable bonds is 10. The average Bonchev–Trinajstić information content (AvgIpc) is 2.74. The van der Waals surface area contributed by atoms with Crippen LogP contribution < -0.4 is 0 Å². The third-order valence-electron chi connectivity index (χ3n) is 6.44. The SMILES string of the molecule is CC(=O)CC(=O)C(CO)C(CCO)CC1CC(=O)c2c(O)ccc(-c3ccccc3Cl)c2C1.O.[HH].[HH]. The molecular formula is C26H35ClO7. The van der Waals surface area contributed by atoms with Crippen molar-refractivity contribution in [3.05, 3.63) is 52.5 Å². The molecule has 1 aliphatic carbocycles. The van der Waals surface area contributed by atoms with Crippen LogP contribution in [0.2, 0.25) is 5.02 Å². The number of halogens is 1. The Balaban J connectivity index is 0.00000408. The van der Waals surface area contributed by atoms with Gasteiger partial charge in [0.05, 0.1) is 18.6 Å². The van der Waals surface area contributed by atoms with Gasteiger partial charge in [0.25, 0.3) is 0 Å². The lowest BCUT2D eigenvalue weighted by Gasteiger charge is -2.32. The molecule has 0 aliphatic heterocycles. The van der Waals surface area contributed by atoms with Gasteiger partial charge in [0, 0.05) is 32.4 Å². The number of carbonyl (C=O) groups is 3. The first-order chi connectivity index (χ1) is 15.8. The number of phenols is 1. The summed E-state index contributed by atoms with van der Waals surface area (Å²) in [6, 6.07) is 10.6. The maximum absolute atomic E-state index is 13.0. The fourth-order valence-corrected chi connectivity index (χ4v) is 5.19. The van der Waals surface area contributed by atoms with E-state index in [2.05, 4.69) is 0 Å². The second kappa shape index (κ2) is 12.2. The quantitative estimate of drug-likeness (QED) is 0.430. The van der Waals surface area contributed by atoms with Crippen LogP contribution in [0.1, 0.15) is 51.4 Å². The third-order valence-corrected chi connectivity index (χ3v) is 6.77. The first-order valence-electron chi connectivity index (χ1n) is 11.1. The van der Waals surface area contributed by atoms with Crippen molar-refractivity contribution in [3.8, 4) is 16.9 Å². The fraction of sp³-hybridized carbons (Fsp3) is 0.423. The number of Topliss-reactive ketones (excluding diaryl/α,β-unsaturated/α-hetero) is 3. The smallest absolute Gasteiger partial charge is 0.167 e. The minimum absolute atomic E-state index is 0. The molecule has 188 valence electrons. The third kappa shape index (κ3) is 6.10. The maximum Gasteiger partial charge on any atom is 0.167 e. The number of ketones is 3. The number of hydrogen-bond donors (Lipinski definition) is 3. The summed E-state index contributed by atoms with van der Waals surface area (Å²) in [5.74, 6) is -2.17. The van der Waals surface area contributed by atoms with E-state index in [1.807, 2.05) is 18.2 Å². The largest absolute Gasteiger partial charge is 0.507 e. The predicted molar refractivity (Wildman–Crippen MR) is 133 cm³/mol. The Labute approximate surface area is 206 Å². The minimum Gasteiger partial charge on any atom is -0.507 e. The standard InChI is InChI=1S/C26H29ClO6.H2O.2H2/c1-15(30)10-24(32)21(14-29)17(8-9-28)11-16-12-20-18(19-4-2-3-5-22(19)27)6-7-23(31)26(20)25(33)13-16;;;/h2-7,16-17,21,28-29,31H,8-14H2,1H3;1H2;2*1H. The second-order valence-corrected chi connectivity index (χ2v) is 9.21. The van der Waals surface area contributed by atoms with Gasteiger partial charge >= 0.3 is 0 Å². The maximum atomic E-state index is 13.0. The zero-order chi connectivity index (χ0) is 24.1. The molecule has 0 radical (unpaired) electrons. The van der Waals surface area contributed by atoms with Crippen LogP contribution in [0.4, 0.5) is 0 Å². The van der Waals surface area contributed by atoms with Crippen LogP contribution in [0.5, 0.6) is 5.75 Å². The number of aromatic hydroxyl groups is 1. The van der Waals surface area contributed by atoms with Crippen LogP contribution in [0.25, 0.3) is 11.1 Å². The molecule has 3 atom stereocenters. The van der Waals surface area contributed by atoms with Crippen molar-refractivity contribution in [1.82, 2.24) is 0 Å². The number of phenolic OH excluding ortho intramolecular Hbond substituents is 1. The monoisotopic (exact) mass is 494 g/mol. The van der Waals surface area contributed by atoms with Crippen LogP contribution in [0.15, 0.2) is 36.4 Å². The van der Waals surface area contributed by atoms with Gasteiger partial charge < -0.3 is 20.8 Å². The Kier molecular flexibility index (Phi) is 9.94. The summed E-state index contributed by atoms with van der Waals surface area (Å²) in [6.07, 6.45) is 1.12. The second-order valence-electron chi connectivity index (χ2n) is 8.81. The minimum atomic E-state index is -0.773. The zero-order valence-electron chi connectivity index (χ0n) is 19.1. The molecule has 0 saturated heterocycles. The highest BCUT2D eigenvalue weighted by Gasteiger charge is 2.35. The number of hydrogen-bond acceptors (Lipinski definition) is 6. The molecule has 2 aromatic carbocycles. The number of carbonyl (C=O) groups excluding carboxylic acids is 3. The highest BCUT2D eigenvalue weighted by molar-refractivity contribution is 6.33. The first-order valence-corrected chi connectivity index (χ1v) is 11.5. The summed E-state index contributed by atoms with van der Waals surface area (Å²) in [7, 11) is 0. The van der Waals surface area contributed by atoms with E-state index >= 15 is 0 Å². The van der Waals surface area contributed by atoms with Gasteiger partial charge in [-0.3, -0.25) is 14.4 Å². The highest BCUT2D eigenvalue weighted by Crippen LogP contribution is 2.42. The summed E-state index contributed by atoms with van der Waals surface area (Å²) in [4.78, 5) is 37.0. The lowest BCUT2D eigenvalue weighted by atomic mass is 9.72. The lowest BCUT2D eigenvalue weighted by molar-refractivity contribution is -0.131. The number of benzene rings is 2. The summed E-state index contributed by atoms with van der Waals surface area (Å²) in [5, 5.41) is 30.4. The summed E-state index contributed by atoms with van der Waals surface area (Å²) >= 11 is 6.41. The molecule has 0 saturated carbocycles. The summed E-state index contributed by atoms with van der Waals surface area (Å²) in [6.45, 7) is 0.740. The van der Waals surface area contributed by atoms with Crippen LogP contribution >= 0.6 is 11.6 Å². The normalized spacial score (nSPS) is 16.8. The Morgan fingerprint density at radius 2 is 1.82 bits per heavy atom. The number of fused-ring (bicyclic) bond motifs is 1. The van der Waals surface area contributed by atoms with E-state index < -0.39 is 12.5 Å². The van der Waals surface area contributed by atoms with E-state index in [0.29, 0.717) is 29.0 Å². The zero-order valence-corrected chi connectivity index (χ0v) is 19.8. The van der Waals surface area contributed by atoms with Crippen molar-refractivity contribution >= 4 is 29.0 Å². The van der Waals surface area contributed by atoms with E-state index in [1.165, 1.54) is 13.0 Å². The van der Waals surface area contributed by atoms with Crippen molar-refractivity contribution in [3.63, 3.8) is 0 Å². The first kappa shape index (κ1) is 27.7. The number of aliphatic hydroxyl groups excluding tert-OH is 2. The van der Waals surface area contributed by atoms with Crippen molar-refractivity contribution in [2.45, 2.75) is 39.0 Å². The molecular weight excluding hydrogens is 460 g/mol. The number of aliphatic hydroxyl groups is 2. The molecule has 0 heterocycles. The summed E-state index contributed by atoms with van der Waals surface area (Å²) < 4.78 is 0. The lowest BCUT2D eigenvalue weighted by Crippen LogP contribution is -2.32. The Hall–Kier alpha value is -2.58. The van der Waals surface area contributed by atoms with E-state index in [9.17, 15) is 29.7 Å². The van der Waals surface area contributed by atoms with E-state index in [0.717, 1.165) is 11.1 Å². The molecule has 0 amide bonds. The molecule has 0 aromatic heterocycles. The fourth-order valence-electron chi connectivity index (χ4n) is 4.95. The molecule has 3 rings (SSSR count). The van der Waals surface area contributed by atoms with Crippen LogP contribution in [-0.2, 0) is 16.0 Å². The van der Waals surface area contributed by atoms with Crippen molar-refractivity contribution in [1.29, 1.82) is 0 Å². The van der Waals surface area contributed by atoms with Gasteiger partial charge in [-0.2, -0.15) is 0 Å². The van der Waals surface area contributed by atoms with E-state index in [4.69, 9.17) is 11.6 Å². The van der Waals surface area contributed by atoms with Crippen LogP contribution in [0.3, 0.4) is 0 Å². The van der Waals surface area contributed by atoms with E-state index in [-0.39, 0.29) is 69.1 Å². The van der Waals surface area contributed by atoms with Crippen molar-refractivity contribution in [2.24, 2.45) is 17.8 Å². The van der Waals surface area contributed by atoms with E-state index in [1.54, 1.807) is 12.1 Å². The molecule has 0 bridgehead atoms. The Morgan fingerprint density at radius 1 is 1.12 bits per heavy atom. The molecule has 5 N–H and O–H groups in total. The van der Waals surface area contributed by atoms with Gasteiger partial charge in [0.2, 0.25) is 0 Å². The molecule has 34 heavy (non-hydrogen) atoms.